The van der Waals surface area contributed by atoms with Crippen LogP contribution in [0.1, 0.15) is 6.42 Å². The largest absolute Gasteiger partial charge is 0.399 e. The molecule has 1 saturated heterocycles. The van der Waals surface area contributed by atoms with E-state index in [1.54, 1.807) is 6.07 Å². The predicted octanol–water partition coefficient (Wildman–Crippen LogP) is 1.48. The van der Waals surface area contributed by atoms with Gasteiger partial charge in [-0.25, -0.2) is 8.42 Å². The molecule has 0 amide bonds. The minimum atomic E-state index is -2.92. The number of nitrogens with two attached hydrogens (primary N) is 1. The zero-order valence-electron chi connectivity index (χ0n) is 12.4. The number of nitrogens with zero attached hydrogens (tertiary/aromatic N) is 2. The Labute approximate surface area is 131 Å². The van der Waals surface area contributed by atoms with Gasteiger partial charge in [-0.05, 0) is 31.7 Å². The summed E-state index contributed by atoms with van der Waals surface area (Å²) < 4.78 is 22.5. The first kappa shape index (κ1) is 16.4. The zero-order valence-corrected chi connectivity index (χ0v) is 14.0. The van der Waals surface area contributed by atoms with E-state index in [0.717, 1.165) is 25.2 Å². The van der Waals surface area contributed by atoms with Gasteiger partial charge in [0, 0.05) is 37.6 Å². The van der Waals surface area contributed by atoms with Crippen LogP contribution in [0.2, 0.25) is 5.02 Å². The first-order valence-corrected chi connectivity index (χ1v) is 9.38. The van der Waals surface area contributed by atoms with Crippen LogP contribution in [0.25, 0.3) is 0 Å². The number of likely N-dealkylation sites (N-methyl/N-ethyl adjacent to an activating group) is 1. The van der Waals surface area contributed by atoms with E-state index in [9.17, 15) is 8.42 Å². The summed E-state index contributed by atoms with van der Waals surface area (Å²) in [5.74, 6) is 0.197. The van der Waals surface area contributed by atoms with E-state index in [0.29, 0.717) is 23.3 Å². The number of hydrogen-bond donors (Lipinski definition) is 1. The van der Waals surface area contributed by atoms with Gasteiger partial charge in [0.25, 0.3) is 0 Å². The maximum Gasteiger partial charge on any atom is 0.148 e. The van der Waals surface area contributed by atoms with Crippen molar-refractivity contribution in [1.29, 1.82) is 0 Å². The second kappa shape index (κ2) is 6.42. The molecule has 0 spiro atoms. The van der Waals surface area contributed by atoms with Crippen LogP contribution in [0.4, 0.5) is 11.4 Å². The third-order valence-electron chi connectivity index (χ3n) is 3.91. The molecule has 0 saturated carbocycles. The quantitative estimate of drug-likeness (QED) is 0.828. The molecule has 1 unspecified atom stereocenters. The molecule has 0 aromatic heterocycles. The number of benzene rings is 1. The molecule has 0 radical (unpaired) electrons. The summed E-state index contributed by atoms with van der Waals surface area (Å²) in [6, 6.07) is 5.90. The molecule has 2 rings (SSSR count). The van der Waals surface area contributed by atoms with Gasteiger partial charge >= 0.3 is 0 Å². The third kappa shape index (κ3) is 4.49. The minimum absolute atomic E-state index is 0.197. The van der Waals surface area contributed by atoms with Crippen LogP contribution in [-0.2, 0) is 9.84 Å². The third-order valence-corrected chi connectivity index (χ3v) is 5.14. The molecule has 1 aromatic carbocycles. The molecule has 7 heteroatoms. The van der Waals surface area contributed by atoms with Gasteiger partial charge in [0.1, 0.15) is 9.84 Å². The van der Waals surface area contributed by atoms with Gasteiger partial charge in [-0.2, -0.15) is 0 Å². The fourth-order valence-corrected chi connectivity index (χ4v) is 3.52. The van der Waals surface area contributed by atoms with Gasteiger partial charge < -0.3 is 15.5 Å². The summed E-state index contributed by atoms with van der Waals surface area (Å²) in [7, 11) is -0.940. The average Bonchev–Trinajstić information content (AvgIpc) is 2.84. The molecule has 1 atom stereocenters. The lowest BCUT2D eigenvalue weighted by Crippen LogP contribution is -2.37. The number of sulfone groups is 1. The fraction of sp³-hybridized carbons (Fsp3) is 0.571. The number of halogens is 1. The van der Waals surface area contributed by atoms with Crippen molar-refractivity contribution >= 4 is 32.8 Å². The van der Waals surface area contributed by atoms with Gasteiger partial charge in [-0.15, -0.1) is 0 Å². The first-order chi connectivity index (χ1) is 9.76. The first-order valence-electron chi connectivity index (χ1n) is 6.94. The van der Waals surface area contributed by atoms with Crippen molar-refractivity contribution in [3.05, 3.63) is 23.2 Å². The Morgan fingerprint density at radius 2 is 2.19 bits per heavy atom. The molecule has 1 heterocycles. The molecule has 0 aliphatic carbocycles. The summed E-state index contributed by atoms with van der Waals surface area (Å²) in [4.78, 5) is 4.34. The highest BCUT2D eigenvalue weighted by molar-refractivity contribution is 7.90. The van der Waals surface area contributed by atoms with Crippen molar-refractivity contribution in [2.45, 2.75) is 12.5 Å². The second-order valence-corrected chi connectivity index (χ2v) is 8.38. The summed E-state index contributed by atoms with van der Waals surface area (Å²) in [6.45, 7) is 2.33. The minimum Gasteiger partial charge on any atom is -0.399 e. The van der Waals surface area contributed by atoms with E-state index in [1.807, 2.05) is 19.2 Å². The summed E-state index contributed by atoms with van der Waals surface area (Å²) in [5, 5.41) is 0.662. The van der Waals surface area contributed by atoms with Gasteiger partial charge in [0.15, 0.2) is 0 Å². The van der Waals surface area contributed by atoms with Crippen molar-refractivity contribution < 1.29 is 8.42 Å². The Morgan fingerprint density at radius 3 is 2.81 bits per heavy atom. The Hall–Kier alpha value is -0.980. The van der Waals surface area contributed by atoms with Gasteiger partial charge in [0.2, 0.25) is 0 Å². The van der Waals surface area contributed by atoms with Crippen LogP contribution in [0.15, 0.2) is 18.2 Å². The Bertz CT molecular complexity index is 606. The van der Waals surface area contributed by atoms with Crippen LogP contribution >= 0.6 is 11.6 Å². The van der Waals surface area contributed by atoms with E-state index in [2.05, 4.69) is 9.80 Å². The predicted molar refractivity (Wildman–Crippen MR) is 88.8 cm³/mol. The number of anilines is 2. The summed E-state index contributed by atoms with van der Waals surface area (Å²) >= 11 is 6.24. The Balaban J connectivity index is 1.97. The number of rotatable bonds is 5. The molecule has 21 heavy (non-hydrogen) atoms. The monoisotopic (exact) mass is 331 g/mol. The number of hydrogen-bond acceptors (Lipinski definition) is 5. The van der Waals surface area contributed by atoms with Crippen molar-refractivity contribution in [2.75, 3.05) is 49.3 Å². The number of nitrogen functional groups attached to an aromatic ring is 1. The second-order valence-electron chi connectivity index (χ2n) is 5.71. The van der Waals surface area contributed by atoms with Crippen molar-refractivity contribution in [3.63, 3.8) is 0 Å². The lowest BCUT2D eigenvalue weighted by molar-refractivity contribution is 0.273. The highest BCUT2D eigenvalue weighted by atomic mass is 35.5. The van der Waals surface area contributed by atoms with Gasteiger partial charge in [-0.1, -0.05) is 11.6 Å². The molecular weight excluding hydrogens is 310 g/mol. The Morgan fingerprint density at radius 1 is 1.48 bits per heavy atom. The fourth-order valence-electron chi connectivity index (χ4n) is 2.59. The summed E-state index contributed by atoms with van der Waals surface area (Å²) in [5.41, 5.74) is 7.36. The van der Waals surface area contributed by atoms with Crippen LogP contribution in [0.3, 0.4) is 0 Å². The average molecular weight is 332 g/mol. The van der Waals surface area contributed by atoms with Crippen molar-refractivity contribution in [1.82, 2.24) is 4.90 Å². The Kier molecular flexibility index (Phi) is 5.01. The molecule has 1 aliphatic rings. The zero-order chi connectivity index (χ0) is 15.6. The molecule has 118 valence electrons. The molecule has 0 bridgehead atoms. The van der Waals surface area contributed by atoms with Crippen molar-refractivity contribution in [3.8, 4) is 0 Å². The standard InChI is InChI=1S/C14H22ClN3O2S/c1-17(7-8-21(2,19)20)12-5-6-18(10-12)14-4-3-11(16)9-13(14)15/h3-4,9,12H,5-8,10,16H2,1-2H3. The van der Waals surface area contributed by atoms with Crippen LogP contribution < -0.4 is 10.6 Å². The maximum absolute atomic E-state index is 11.2. The van der Waals surface area contributed by atoms with Crippen LogP contribution in [0, 0.1) is 0 Å². The van der Waals surface area contributed by atoms with Crippen LogP contribution in [0.5, 0.6) is 0 Å². The molecular formula is C14H22ClN3O2S. The van der Waals surface area contributed by atoms with E-state index < -0.39 is 9.84 Å². The smallest absolute Gasteiger partial charge is 0.148 e. The highest BCUT2D eigenvalue weighted by Crippen LogP contribution is 2.31. The SMILES string of the molecule is CN(CCS(C)(=O)=O)C1CCN(c2ccc(N)cc2Cl)C1. The molecule has 5 nitrogen and oxygen atoms in total. The highest BCUT2D eigenvalue weighted by Gasteiger charge is 2.27. The molecule has 1 aromatic rings. The van der Waals surface area contributed by atoms with Gasteiger partial charge in [-0.3, -0.25) is 0 Å². The van der Waals surface area contributed by atoms with Crippen LogP contribution in [-0.4, -0.2) is 58.1 Å². The normalized spacial score (nSPS) is 19.4. The van der Waals surface area contributed by atoms with Crippen molar-refractivity contribution in [2.24, 2.45) is 0 Å². The van der Waals surface area contributed by atoms with E-state index in [-0.39, 0.29) is 5.75 Å². The van der Waals surface area contributed by atoms with Gasteiger partial charge in [0.05, 0.1) is 16.5 Å². The maximum atomic E-state index is 11.2. The lowest BCUT2D eigenvalue weighted by atomic mass is 10.2. The molecule has 2 N–H and O–H groups in total. The van der Waals surface area contributed by atoms with E-state index in [4.69, 9.17) is 17.3 Å². The van der Waals surface area contributed by atoms with E-state index >= 15 is 0 Å². The summed E-state index contributed by atoms with van der Waals surface area (Å²) in [6.07, 6.45) is 2.27. The van der Waals surface area contributed by atoms with E-state index in [1.165, 1.54) is 6.26 Å². The molecule has 1 aliphatic heterocycles. The molecule has 1 fully saturated rings. The lowest BCUT2D eigenvalue weighted by Gasteiger charge is -2.25. The topological polar surface area (TPSA) is 66.6 Å².